The molecule has 0 heterocycles. The highest BCUT2D eigenvalue weighted by atomic mass is 35.5. The van der Waals surface area contributed by atoms with Crippen molar-refractivity contribution in [1.29, 1.82) is 0 Å². The molecule has 24 heavy (non-hydrogen) atoms. The summed E-state index contributed by atoms with van der Waals surface area (Å²) in [6.45, 7) is 4.04. The van der Waals surface area contributed by atoms with Gasteiger partial charge in [0.1, 0.15) is 5.75 Å². The number of carbonyl (C=O) groups excluding carboxylic acids is 1. The molecule has 0 bridgehead atoms. The van der Waals surface area contributed by atoms with Crippen LogP contribution in [0.25, 0.3) is 6.08 Å². The molecule has 2 rings (SSSR count). The van der Waals surface area contributed by atoms with Crippen LogP contribution in [0.4, 0.5) is 0 Å². The number of carbonyl (C=O) groups is 1. The second-order valence-electron chi connectivity index (χ2n) is 5.55. The van der Waals surface area contributed by atoms with Crippen molar-refractivity contribution in [2.45, 2.75) is 26.3 Å². The molecule has 0 saturated heterocycles. The Kier molecular flexibility index (Phi) is 6.44. The minimum Gasteiger partial charge on any atom is -0.496 e. The lowest BCUT2D eigenvalue weighted by molar-refractivity contribution is -0.117. The summed E-state index contributed by atoms with van der Waals surface area (Å²) in [5.74, 6) is 0.703. The smallest absolute Gasteiger partial charge is 0.244 e. The number of rotatable bonds is 6. The van der Waals surface area contributed by atoms with Gasteiger partial charge in [0.25, 0.3) is 0 Å². The summed E-state index contributed by atoms with van der Waals surface area (Å²) in [7, 11) is 1.65. The average molecular weight is 344 g/mol. The molecule has 1 amide bonds. The van der Waals surface area contributed by atoms with Crippen LogP contribution >= 0.6 is 11.6 Å². The predicted octanol–water partition coefficient (Wildman–Crippen LogP) is 4.94. The minimum atomic E-state index is -0.143. The number of ether oxygens (including phenoxy) is 1. The average Bonchev–Trinajstić information content (AvgIpc) is 2.59. The van der Waals surface area contributed by atoms with Crippen LogP contribution in [0.3, 0.4) is 0 Å². The third kappa shape index (κ3) is 4.62. The normalized spacial score (nSPS) is 12.2. The van der Waals surface area contributed by atoms with Gasteiger partial charge in [-0.1, -0.05) is 48.9 Å². The molecule has 0 unspecified atom stereocenters. The number of hydrogen-bond donors (Lipinski definition) is 1. The zero-order chi connectivity index (χ0) is 17.5. The summed E-state index contributed by atoms with van der Waals surface area (Å²) in [6.07, 6.45) is 4.04. The summed E-state index contributed by atoms with van der Waals surface area (Å²) < 4.78 is 5.28. The maximum Gasteiger partial charge on any atom is 0.244 e. The number of methoxy groups -OCH3 is 1. The van der Waals surface area contributed by atoms with Crippen LogP contribution in [0, 0.1) is 6.92 Å². The van der Waals surface area contributed by atoms with Crippen LogP contribution in [-0.2, 0) is 4.79 Å². The number of amides is 1. The molecular weight excluding hydrogens is 322 g/mol. The van der Waals surface area contributed by atoms with Gasteiger partial charge in [0.2, 0.25) is 5.91 Å². The molecule has 2 aromatic carbocycles. The summed E-state index contributed by atoms with van der Waals surface area (Å²) in [4.78, 5) is 12.2. The molecule has 1 atom stereocenters. The molecule has 4 heteroatoms. The Morgan fingerprint density at radius 2 is 2.04 bits per heavy atom. The van der Waals surface area contributed by atoms with E-state index in [0.717, 1.165) is 28.9 Å². The highest BCUT2D eigenvalue weighted by Gasteiger charge is 2.12. The first kappa shape index (κ1) is 18.1. The number of aryl methyl sites for hydroxylation is 1. The van der Waals surface area contributed by atoms with E-state index in [0.29, 0.717) is 5.02 Å². The largest absolute Gasteiger partial charge is 0.496 e. The molecule has 0 saturated carbocycles. The molecule has 126 valence electrons. The van der Waals surface area contributed by atoms with Gasteiger partial charge in [0.05, 0.1) is 13.2 Å². The number of benzene rings is 2. The number of halogens is 1. The maximum absolute atomic E-state index is 12.2. The molecular formula is C20H22ClNO2. The molecule has 0 aromatic heterocycles. The Bertz CT molecular complexity index is 740. The van der Waals surface area contributed by atoms with Crippen LogP contribution in [0.15, 0.2) is 48.5 Å². The Morgan fingerprint density at radius 1 is 1.29 bits per heavy atom. The van der Waals surface area contributed by atoms with Gasteiger partial charge >= 0.3 is 0 Å². The van der Waals surface area contributed by atoms with E-state index in [1.54, 1.807) is 19.3 Å². The second-order valence-corrected chi connectivity index (χ2v) is 5.96. The Hall–Kier alpha value is -2.26. The van der Waals surface area contributed by atoms with Gasteiger partial charge in [0, 0.05) is 11.1 Å². The van der Waals surface area contributed by atoms with Crippen molar-refractivity contribution in [3.8, 4) is 5.75 Å². The van der Waals surface area contributed by atoms with E-state index in [1.165, 1.54) is 6.08 Å². The molecule has 0 aliphatic carbocycles. The lowest BCUT2D eigenvalue weighted by Gasteiger charge is -2.18. The lowest BCUT2D eigenvalue weighted by Crippen LogP contribution is -2.26. The first-order valence-corrected chi connectivity index (χ1v) is 8.30. The van der Waals surface area contributed by atoms with E-state index in [1.807, 2.05) is 50.2 Å². The zero-order valence-electron chi connectivity index (χ0n) is 14.2. The third-order valence-corrected chi connectivity index (χ3v) is 4.21. The monoisotopic (exact) mass is 343 g/mol. The number of nitrogens with one attached hydrogen (secondary N) is 1. The first-order chi connectivity index (χ1) is 11.5. The van der Waals surface area contributed by atoms with Crippen LogP contribution in [0.2, 0.25) is 5.02 Å². The molecule has 0 fully saturated rings. The Labute approximate surface area is 148 Å². The van der Waals surface area contributed by atoms with Crippen LogP contribution in [0.5, 0.6) is 5.75 Å². The minimum absolute atomic E-state index is 0.0435. The molecule has 0 aliphatic rings. The summed E-state index contributed by atoms with van der Waals surface area (Å²) >= 11 is 6.09. The summed E-state index contributed by atoms with van der Waals surface area (Å²) in [5, 5.41) is 3.65. The molecule has 0 spiro atoms. The van der Waals surface area contributed by atoms with E-state index >= 15 is 0 Å². The lowest BCUT2D eigenvalue weighted by atomic mass is 10.0. The number of hydrogen-bond acceptors (Lipinski definition) is 2. The second kappa shape index (κ2) is 8.55. The van der Waals surface area contributed by atoms with Crippen molar-refractivity contribution in [2.24, 2.45) is 0 Å². The first-order valence-electron chi connectivity index (χ1n) is 7.92. The summed E-state index contributed by atoms with van der Waals surface area (Å²) in [6, 6.07) is 13.3. The van der Waals surface area contributed by atoms with Crippen LogP contribution in [0.1, 0.15) is 36.1 Å². The van der Waals surface area contributed by atoms with E-state index in [4.69, 9.17) is 16.3 Å². The maximum atomic E-state index is 12.2. The fourth-order valence-electron chi connectivity index (χ4n) is 2.54. The van der Waals surface area contributed by atoms with Crippen molar-refractivity contribution >= 4 is 23.6 Å². The van der Waals surface area contributed by atoms with Crippen molar-refractivity contribution in [3.63, 3.8) is 0 Å². The molecule has 2 aromatic rings. The Morgan fingerprint density at radius 3 is 2.67 bits per heavy atom. The zero-order valence-corrected chi connectivity index (χ0v) is 14.9. The highest BCUT2D eigenvalue weighted by Crippen LogP contribution is 2.24. The van der Waals surface area contributed by atoms with Gasteiger partial charge in [-0.15, -0.1) is 0 Å². The van der Waals surface area contributed by atoms with Gasteiger partial charge < -0.3 is 10.1 Å². The van der Waals surface area contributed by atoms with Crippen LogP contribution < -0.4 is 10.1 Å². The van der Waals surface area contributed by atoms with Crippen LogP contribution in [-0.4, -0.2) is 13.0 Å². The van der Waals surface area contributed by atoms with Gasteiger partial charge in [-0.3, -0.25) is 4.79 Å². The van der Waals surface area contributed by atoms with E-state index in [9.17, 15) is 4.79 Å². The standard InChI is InChI=1S/C20H22ClNO2/c1-4-18(16-9-11-19(24-3)14(2)13-16)22-20(23)12-10-15-7-5-6-8-17(15)21/h5-13,18H,4H2,1-3H3,(H,22,23)/b12-10+/t18-/m0/s1. The summed E-state index contributed by atoms with van der Waals surface area (Å²) in [5.41, 5.74) is 2.94. The van der Waals surface area contributed by atoms with Gasteiger partial charge in [-0.2, -0.15) is 0 Å². The third-order valence-electron chi connectivity index (χ3n) is 3.87. The SMILES string of the molecule is CC[C@H](NC(=O)/C=C/c1ccccc1Cl)c1ccc(OC)c(C)c1. The Balaban J connectivity index is 2.08. The van der Waals surface area contributed by atoms with Crippen molar-refractivity contribution in [2.75, 3.05) is 7.11 Å². The van der Waals surface area contributed by atoms with Gasteiger partial charge in [-0.25, -0.2) is 0 Å². The topological polar surface area (TPSA) is 38.3 Å². The molecule has 0 radical (unpaired) electrons. The van der Waals surface area contributed by atoms with Crippen molar-refractivity contribution in [3.05, 3.63) is 70.3 Å². The fourth-order valence-corrected chi connectivity index (χ4v) is 2.73. The molecule has 0 aliphatic heterocycles. The highest BCUT2D eigenvalue weighted by molar-refractivity contribution is 6.32. The van der Waals surface area contributed by atoms with E-state index in [2.05, 4.69) is 5.32 Å². The van der Waals surface area contributed by atoms with E-state index in [-0.39, 0.29) is 11.9 Å². The predicted molar refractivity (Wildman–Crippen MR) is 99.4 cm³/mol. The molecule has 1 N–H and O–H groups in total. The van der Waals surface area contributed by atoms with Gasteiger partial charge in [0.15, 0.2) is 0 Å². The van der Waals surface area contributed by atoms with Crippen molar-refractivity contribution < 1.29 is 9.53 Å². The van der Waals surface area contributed by atoms with E-state index < -0.39 is 0 Å². The molecule has 3 nitrogen and oxygen atoms in total. The quantitative estimate of drug-likeness (QED) is 0.754. The van der Waals surface area contributed by atoms with Gasteiger partial charge in [-0.05, 0) is 48.2 Å². The fraction of sp³-hybridized carbons (Fsp3) is 0.250. The van der Waals surface area contributed by atoms with Crippen molar-refractivity contribution in [1.82, 2.24) is 5.32 Å².